The molecule has 21 heavy (non-hydrogen) atoms. The Kier molecular flexibility index (Phi) is 4.55. The average molecular weight is 305 g/mol. The maximum Gasteiger partial charge on any atom is 0.270 e. The van der Waals surface area contributed by atoms with Gasteiger partial charge in [-0.1, -0.05) is 29.8 Å². The molecule has 0 radical (unpaired) electrons. The van der Waals surface area contributed by atoms with E-state index in [1.54, 1.807) is 18.2 Å². The van der Waals surface area contributed by atoms with Crippen LogP contribution >= 0.6 is 11.6 Å². The van der Waals surface area contributed by atoms with E-state index in [2.05, 4.69) is 5.32 Å². The van der Waals surface area contributed by atoms with Crippen LogP contribution in [0.25, 0.3) is 0 Å². The number of nitro groups is 1. The van der Waals surface area contributed by atoms with Gasteiger partial charge in [0.15, 0.2) is 5.78 Å². The topological polar surface area (TPSA) is 72.2 Å². The molecule has 0 amide bonds. The van der Waals surface area contributed by atoms with Crippen LogP contribution in [-0.4, -0.2) is 17.3 Å². The summed E-state index contributed by atoms with van der Waals surface area (Å²) < 4.78 is 0. The molecule has 0 spiro atoms. The third-order valence-corrected chi connectivity index (χ3v) is 3.25. The predicted octanol–water partition coefficient (Wildman–Crippen LogP) is 3.85. The standard InChI is InChI=1S/C15H13ClN2O3/c1-10-5-6-12(16)8-14(10)17-9-15(19)11-3-2-4-13(7-11)18(20)21/h2-8,17H,9H2,1H3. The van der Waals surface area contributed by atoms with Crippen LogP contribution in [0.1, 0.15) is 15.9 Å². The van der Waals surface area contributed by atoms with Crippen molar-refractivity contribution in [3.8, 4) is 0 Å². The summed E-state index contributed by atoms with van der Waals surface area (Å²) in [6.07, 6.45) is 0. The van der Waals surface area contributed by atoms with Crippen molar-refractivity contribution in [3.05, 3.63) is 68.7 Å². The van der Waals surface area contributed by atoms with E-state index in [-0.39, 0.29) is 18.0 Å². The molecule has 2 aromatic carbocycles. The lowest BCUT2D eigenvalue weighted by Gasteiger charge is -2.09. The molecule has 5 nitrogen and oxygen atoms in total. The molecule has 2 aromatic rings. The van der Waals surface area contributed by atoms with Crippen LogP contribution in [0, 0.1) is 17.0 Å². The fourth-order valence-corrected chi connectivity index (χ4v) is 2.03. The summed E-state index contributed by atoms with van der Waals surface area (Å²) in [6.45, 7) is 1.94. The van der Waals surface area contributed by atoms with Crippen LogP contribution < -0.4 is 5.32 Å². The molecule has 0 saturated carbocycles. The molecule has 0 atom stereocenters. The molecule has 0 aliphatic rings. The molecule has 108 valence electrons. The maximum atomic E-state index is 12.1. The fraction of sp³-hybridized carbons (Fsp3) is 0.133. The van der Waals surface area contributed by atoms with Crippen LogP contribution in [0.2, 0.25) is 5.02 Å². The van der Waals surface area contributed by atoms with E-state index in [4.69, 9.17) is 11.6 Å². The van der Waals surface area contributed by atoms with Gasteiger partial charge in [-0.3, -0.25) is 14.9 Å². The van der Waals surface area contributed by atoms with Crippen molar-refractivity contribution in [1.29, 1.82) is 0 Å². The number of carbonyl (C=O) groups is 1. The largest absolute Gasteiger partial charge is 0.377 e. The Morgan fingerprint density at radius 2 is 2.05 bits per heavy atom. The number of nitrogens with one attached hydrogen (secondary N) is 1. The molecule has 0 saturated heterocycles. The van der Waals surface area contributed by atoms with Gasteiger partial charge >= 0.3 is 0 Å². The lowest BCUT2D eigenvalue weighted by molar-refractivity contribution is -0.384. The summed E-state index contributed by atoms with van der Waals surface area (Å²) in [5.41, 5.74) is 1.93. The highest BCUT2D eigenvalue weighted by atomic mass is 35.5. The fourth-order valence-electron chi connectivity index (χ4n) is 1.86. The van der Waals surface area contributed by atoms with Gasteiger partial charge in [0.2, 0.25) is 0 Å². The smallest absolute Gasteiger partial charge is 0.270 e. The van der Waals surface area contributed by atoms with E-state index < -0.39 is 4.92 Å². The first-order valence-electron chi connectivity index (χ1n) is 6.25. The van der Waals surface area contributed by atoms with Gasteiger partial charge in [0.1, 0.15) is 0 Å². The summed E-state index contributed by atoms with van der Waals surface area (Å²) in [6, 6.07) is 11.0. The van der Waals surface area contributed by atoms with Gasteiger partial charge in [-0.25, -0.2) is 0 Å². The van der Waals surface area contributed by atoms with Crippen molar-refractivity contribution in [2.45, 2.75) is 6.92 Å². The highest BCUT2D eigenvalue weighted by molar-refractivity contribution is 6.30. The Hall–Kier alpha value is -2.40. The van der Waals surface area contributed by atoms with Crippen molar-refractivity contribution in [3.63, 3.8) is 0 Å². The number of non-ortho nitro benzene ring substituents is 1. The molecule has 0 heterocycles. The van der Waals surface area contributed by atoms with Crippen molar-refractivity contribution in [2.24, 2.45) is 0 Å². The molecule has 0 aliphatic carbocycles. The Morgan fingerprint density at radius 1 is 1.29 bits per heavy atom. The number of hydrogen-bond donors (Lipinski definition) is 1. The van der Waals surface area contributed by atoms with Crippen LogP contribution in [0.4, 0.5) is 11.4 Å². The van der Waals surface area contributed by atoms with Crippen molar-refractivity contribution in [2.75, 3.05) is 11.9 Å². The number of Topliss-reactive ketones (excluding diaryl/α,β-unsaturated/α-hetero) is 1. The second-order valence-electron chi connectivity index (χ2n) is 4.54. The number of ketones is 1. The first kappa shape index (κ1) is 15.0. The second kappa shape index (κ2) is 6.37. The minimum Gasteiger partial charge on any atom is -0.377 e. The molecule has 0 unspecified atom stereocenters. The molecule has 1 N–H and O–H groups in total. The van der Waals surface area contributed by atoms with E-state index >= 15 is 0 Å². The number of nitrogens with zero attached hydrogens (tertiary/aromatic N) is 1. The lowest BCUT2D eigenvalue weighted by Crippen LogP contribution is -2.14. The highest BCUT2D eigenvalue weighted by Crippen LogP contribution is 2.20. The monoisotopic (exact) mass is 304 g/mol. The predicted molar refractivity (Wildman–Crippen MR) is 82.1 cm³/mol. The summed E-state index contributed by atoms with van der Waals surface area (Å²) in [5, 5.41) is 14.3. The minimum atomic E-state index is -0.522. The number of carbonyl (C=O) groups excluding carboxylic acids is 1. The zero-order valence-electron chi connectivity index (χ0n) is 11.3. The van der Waals surface area contributed by atoms with Gasteiger partial charge in [-0.2, -0.15) is 0 Å². The molecule has 0 bridgehead atoms. The quantitative estimate of drug-likeness (QED) is 0.517. The first-order chi connectivity index (χ1) is 9.97. The van der Waals surface area contributed by atoms with Crippen LogP contribution in [-0.2, 0) is 0 Å². The third-order valence-electron chi connectivity index (χ3n) is 3.02. The van der Waals surface area contributed by atoms with E-state index in [9.17, 15) is 14.9 Å². The van der Waals surface area contributed by atoms with Crippen molar-refractivity contribution < 1.29 is 9.72 Å². The van der Waals surface area contributed by atoms with E-state index in [1.165, 1.54) is 18.2 Å². The van der Waals surface area contributed by atoms with E-state index in [0.29, 0.717) is 10.6 Å². The molecule has 6 heteroatoms. The Bertz CT molecular complexity index is 701. The van der Waals surface area contributed by atoms with Gasteiger partial charge < -0.3 is 5.32 Å². The number of anilines is 1. The Morgan fingerprint density at radius 3 is 2.76 bits per heavy atom. The third kappa shape index (κ3) is 3.79. The van der Waals surface area contributed by atoms with Gasteiger partial charge in [-0.05, 0) is 24.6 Å². The molecule has 0 fully saturated rings. The summed E-state index contributed by atoms with van der Waals surface area (Å²) in [7, 11) is 0. The van der Waals surface area contributed by atoms with Crippen molar-refractivity contribution >= 4 is 28.8 Å². The number of halogens is 1. The van der Waals surface area contributed by atoms with Gasteiger partial charge in [0.05, 0.1) is 11.5 Å². The molecule has 0 aromatic heterocycles. The van der Waals surface area contributed by atoms with Crippen molar-refractivity contribution in [1.82, 2.24) is 0 Å². The van der Waals surface area contributed by atoms with E-state index in [1.807, 2.05) is 13.0 Å². The first-order valence-corrected chi connectivity index (χ1v) is 6.63. The van der Waals surface area contributed by atoms with Gasteiger partial charge in [0.25, 0.3) is 5.69 Å². The second-order valence-corrected chi connectivity index (χ2v) is 4.98. The molecule has 2 rings (SSSR count). The lowest BCUT2D eigenvalue weighted by atomic mass is 10.1. The number of aryl methyl sites for hydroxylation is 1. The SMILES string of the molecule is Cc1ccc(Cl)cc1NCC(=O)c1cccc([N+](=O)[O-])c1. The number of rotatable bonds is 5. The molecular formula is C15H13ClN2O3. The van der Waals surface area contributed by atoms with Gasteiger partial charge in [-0.15, -0.1) is 0 Å². The zero-order valence-corrected chi connectivity index (χ0v) is 12.1. The summed E-state index contributed by atoms with van der Waals surface area (Å²) >= 11 is 5.90. The van der Waals surface area contributed by atoms with Crippen LogP contribution in [0.3, 0.4) is 0 Å². The maximum absolute atomic E-state index is 12.1. The van der Waals surface area contributed by atoms with E-state index in [0.717, 1.165) is 11.3 Å². The highest BCUT2D eigenvalue weighted by Gasteiger charge is 2.11. The Labute approximate surface area is 126 Å². The minimum absolute atomic E-state index is 0.0440. The van der Waals surface area contributed by atoms with Crippen LogP contribution in [0.5, 0.6) is 0 Å². The molecule has 0 aliphatic heterocycles. The summed E-state index contributed by atoms with van der Waals surface area (Å²) in [4.78, 5) is 22.2. The normalized spacial score (nSPS) is 10.2. The number of benzene rings is 2. The Balaban J connectivity index is 2.10. The van der Waals surface area contributed by atoms with Gasteiger partial charge in [0, 0.05) is 28.4 Å². The average Bonchev–Trinajstić information content (AvgIpc) is 2.48. The number of hydrogen-bond acceptors (Lipinski definition) is 4. The zero-order chi connectivity index (χ0) is 15.4. The van der Waals surface area contributed by atoms with Crippen LogP contribution in [0.15, 0.2) is 42.5 Å². The molecular weight excluding hydrogens is 292 g/mol. The summed E-state index contributed by atoms with van der Waals surface area (Å²) in [5.74, 6) is -0.224. The number of nitro benzene ring substituents is 1.